The van der Waals surface area contributed by atoms with Gasteiger partial charge in [0.25, 0.3) is 0 Å². The predicted octanol–water partition coefficient (Wildman–Crippen LogP) is 10.1. The van der Waals surface area contributed by atoms with Gasteiger partial charge in [-0.15, -0.1) is 0 Å². The SMILES string of the molecule is C1CCC(P2(C3CCCCC3)=P[P+](C3CCCCC3)(C3CCCCC3)CC2)CC1. The fourth-order valence-corrected chi connectivity index (χ4v) is 41.1. The minimum absolute atomic E-state index is 0.731. The summed E-state index contributed by atoms with van der Waals surface area (Å²) in [4.78, 5) is 0. The first-order chi connectivity index (χ1) is 14.3. The minimum atomic E-state index is -0.731. The molecule has 0 nitrogen and oxygen atoms in total. The maximum Gasteiger partial charge on any atom is 0.0824 e. The summed E-state index contributed by atoms with van der Waals surface area (Å²) in [5, 5.41) is 0. The maximum atomic E-state index is 2.27. The third-order valence-corrected chi connectivity index (χ3v) is 33.1. The highest BCUT2D eigenvalue weighted by Gasteiger charge is 2.59. The lowest BCUT2D eigenvalue weighted by atomic mass is 9.99. The van der Waals surface area contributed by atoms with Crippen LogP contribution < -0.4 is 0 Å². The second kappa shape index (κ2) is 9.97. The molecule has 0 atom stereocenters. The number of rotatable bonds is 4. The molecule has 4 aliphatic carbocycles. The third kappa shape index (κ3) is 4.37. The number of hydrogen-bond acceptors (Lipinski definition) is 0. The Morgan fingerprint density at radius 1 is 0.483 bits per heavy atom. The molecule has 0 amide bonds. The summed E-state index contributed by atoms with van der Waals surface area (Å²) >= 11 is 0. The molecule has 1 heterocycles. The van der Waals surface area contributed by atoms with Gasteiger partial charge in [-0.3, -0.25) is 0 Å². The Labute approximate surface area is 184 Å². The molecular weight excluding hydrogens is 405 g/mol. The van der Waals surface area contributed by atoms with E-state index in [4.69, 9.17) is 0 Å². The van der Waals surface area contributed by atoms with E-state index in [2.05, 4.69) is 7.56 Å². The average molecular weight is 454 g/mol. The Hall–Kier alpha value is 1.16. The van der Waals surface area contributed by atoms with E-state index in [-0.39, 0.29) is 0 Å². The average Bonchev–Trinajstić information content (AvgIpc) is 3.25. The molecule has 29 heavy (non-hydrogen) atoms. The second-order valence-corrected chi connectivity index (χ2v) is 25.6. The summed E-state index contributed by atoms with van der Waals surface area (Å²) in [6.45, 7) is -1.46. The summed E-state index contributed by atoms with van der Waals surface area (Å²) in [5.41, 5.74) is 4.93. The molecule has 0 unspecified atom stereocenters. The highest BCUT2D eigenvalue weighted by atomic mass is 32.3. The molecule has 0 aromatic carbocycles. The van der Waals surface area contributed by atoms with Crippen molar-refractivity contribution in [3.63, 3.8) is 0 Å². The zero-order chi connectivity index (χ0) is 19.6. The molecule has 0 radical (unpaired) electrons. The summed E-state index contributed by atoms with van der Waals surface area (Å²) in [5.74, 6) is 0. The van der Waals surface area contributed by atoms with Crippen molar-refractivity contribution in [3.05, 3.63) is 0 Å². The largest absolute Gasteiger partial charge is 0.0824 e. The fourth-order valence-electron chi connectivity index (χ4n) is 8.45. The molecule has 166 valence electrons. The van der Waals surface area contributed by atoms with Gasteiger partial charge < -0.3 is 0 Å². The highest BCUT2D eigenvalue weighted by molar-refractivity contribution is 8.47. The van der Waals surface area contributed by atoms with E-state index >= 15 is 0 Å². The van der Waals surface area contributed by atoms with Crippen LogP contribution in [0.25, 0.3) is 0 Å². The van der Waals surface area contributed by atoms with Gasteiger partial charge in [0.2, 0.25) is 0 Å². The normalized spacial score (nSPS) is 33.4. The van der Waals surface area contributed by atoms with Crippen LogP contribution in [0.15, 0.2) is 0 Å². The van der Waals surface area contributed by atoms with E-state index in [1.807, 2.05) is 0 Å². The van der Waals surface area contributed by atoms with E-state index in [0.717, 1.165) is 0 Å². The molecule has 4 fully saturated rings. The smallest absolute Gasteiger partial charge is 0.0533 e. The Bertz CT molecular complexity index is 533. The van der Waals surface area contributed by atoms with Crippen LogP contribution in [-0.2, 0) is 0 Å². The van der Waals surface area contributed by atoms with Gasteiger partial charge >= 0.3 is 0 Å². The van der Waals surface area contributed by atoms with Crippen LogP contribution in [0.5, 0.6) is 0 Å². The molecule has 0 N–H and O–H groups in total. The van der Waals surface area contributed by atoms with Crippen molar-refractivity contribution in [1.82, 2.24) is 0 Å². The van der Waals surface area contributed by atoms with Gasteiger partial charge in [-0.1, -0.05) is 51.4 Å². The van der Waals surface area contributed by atoms with Crippen molar-refractivity contribution in [3.8, 4) is 0 Å². The minimum Gasteiger partial charge on any atom is -0.0533 e. The Kier molecular flexibility index (Phi) is 7.56. The van der Waals surface area contributed by atoms with E-state index in [0.29, 0.717) is 0 Å². The van der Waals surface area contributed by atoms with Gasteiger partial charge in [-0.05, 0) is 94.9 Å². The van der Waals surface area contributed by atoms with E-state index in [1.165, 1.54) is 22.6 Å². The van der Waals surface area contributed by atoms with Crippen LogP contribution in [0.4, 0.5) is 0 Å². The zero-order valence-electron chi connectivity index (χ0n) is 19.2. The van der Waals surface area contributed by atoms with Crippen LogP contribution in [-0.4, -0.2) is 35.0 Å². The third-order valence-electron chi connectivity index (χ3n) is 9.98. The van der Waals surface area contributed by atoms with Crippen LogP contribution in [0.1, 0.15) is 128 Å². The molecule has 5 rings (SSSR count). The molecule has 4 saturated carbocycles. The Balaban J connectivity index is 1.55. The summed E-state index contributed by atoms with van der Waals surface area (Å²) in [7, 11) is 2.27. The number of hydrogen-bond donors (Lipinski definition) is 0. The lowest BCUT2D eigenvalue weighted by molar-refractivity contribution is 0.482. The monoisotopic (exact) mass is 453 g/mol. The molecule has 5 aliphatic rings. The van der Waals surface area contributed by atoms with Crippen molar-refractivity contribution in [2.45, 2.75) is 151 Å². The Morgan fingerprint density at radius 3 is 1.28 bits per heavy atom. The van der Waals surface area contributed by atoms with Gasteiger partial charge in [0.15, 0.2) is 0 Å². The molecule has 0 aromatic rings. The fraction of sp³-hybridized carbons (Fsp3) is 1.00. The van der Waals surface area contributed by atoms with E-state index in [1.54, 1.807) is 141 Å². The highest BCUT2D eigenvalue weighted by Crippen LogP contribution is 2.94. The van der Waals surface area contributed by atoms with E-state index < -0.39 is 13.5 Å². The predicted molar refractivity (Wildman–Crippen MR) is 138 cm³/mol. The van der Waals surface area contributed by atoms with E-state index in [9.17, 15) is 0 Å². The van der Waals surface area contributed by atoms with Crippen molar-refractivity contribution < 1.29 is 0 Å². The van der Waals surface area contributed by atoms with Crippen molar-refractivity contribution >= 4 is 21.1 Å². The van der Waals surface area contributed by atoms with Crippen molar-refractivity contribution in [2.75, 3.05) is 12.3 Å². The quantitative estimate of drug-likeness (QED) is 0.371. The van der Waals surface area contributed by atoms with Crippen LogP contribution >= 0.6 is 21.1 Å². The molecule has 3 heteroatoms. The van der Waals surface area contributed by atoms with Gasteiger partial charge in [0, 0.05) is 6.16 Å². The van der Waals surface area contributed by atoms with Crippen molar-refractivity contribution in [1.29, 1.82) is 0 Å². The first-order valence-corrected chi connectivity index (χ1v) is 20.4. The molecule has 0 spiro atoms. The van der Waals surface area contributed by atoms with Crippen LogP contribution in [0.2, 0.25) is 0 Å². The lowest BCUT2D eigenvalue weighted by Gasteiger charge is -2.41. The molecule has 0 saturated heterocycles. The molecule has 0 bridgehead atoms. The summed E-state index contributed by atoms with van der Waals surface area (Å²) in [6.07, 6.45) is 35.8. The molecule has 1 aliphatic heterocycles. The lowest BCUT2D eigenvalue weighted by Crippen LogP contribution is -2.26. The summed E-state index contributed by atoms with van der Waals surface area (Å²) in [6, 6.07) is 0. The van der Waals surface area contributed by atoms with Crippen LogP contribution in [0.3, 0.4) is 0 Å². The maximum absolute atomic E-state index is 2.27. The van der Waals surface area contributed by atoms with Crippen molar-refractivity contribution in [2.24, 2.45) is 0 Å². The topological polar surface area (TPSA) is 0 Å². The van der Waals surface area contributed by atoms with Gasteiger partial charge in [0.1, 0.15) is 0 Å². The second-order valence-electron chi connectivity index (χ2n) is 11.5. The first kappa shape index (κ1) is 22.0. The zero-order valence-corrected chi connectivity index (χ0v) is 21.9. The standard InChI is InChI=1S/C26H48P3/c1-5-13-23(14-6-1)28(24-15-7-2-8-16-24)21-22-29(27-28,25-17-9-3-10-18-25)26-19-11-4-12-20-26/h23-26H,1-22H2/q+1. The van der Waals surface area contributed by atoms with Gasteiger partial charge in [-0.2, -0.15) is 0 Å². The summed E-state index contributed by atoms with van der Waals surface area (Å²) < 4.78 is 0. The molecular formula is C26H48P3+. The van der Waals surface area contributed by atoms with Gasteiger partial charge in [-0.25, -0.2) is 0 Å². The molecule has 0 aromatic heterocycles. The van der Waals surface area contributed by atoms with Crippen LogP contribution in [0, 0.1) is 0 Å². The first-order valence-electron chi connectivity index (χ1n) is 13.8. The Morgan fingerprint density at radius 2 is 0.862 bits per heavy atom. The van der Waals surface area contributed by atoms with Gasteiger partial charge in [0.05, 0.1) is 32.0 Å².